The second-order valence-corrected chi connectivity index (χ2v) is 4.84. The van der Waals surface area contributed by atoms with Crippen molar-refractivity contribution < 1.29 is 0 Å². The first kappa shape index (κ1) is 14.2. The van der Waals surface area contributed by atoms with Gasteiger partial charge in [0.25, 0.3) is 0 Å². The monoisotopic (exact) mass is 237 g/mol. The minimum Gasteiger partial charge on any atom is -0.328 e. The topological polar surface area (TPSA) is 43.8 Å². The molecule has 17 heavy (non-hydrogen) atoms. The summed E-state index contributed by atoms with van der Waals surface area (Å²) in [5, 5.41) is 4.65. The fraction of sp³-hybridized carbons (Fsp3) is 0.786. The lowest BCUT2D eigenvalue weighted by molar-refractivity contribution is 0.424. The predicted octanol–water partition coefficient (Wildman–Crippen LogP) is 3.30. The second kappa shape index (κ2) is 7.49. The first-order valence-corrected chi connectivity index (χ1v) is 7.00. The van der Waals surface area contributed by atoms with Gasteiger partial charge in [-0.2, -0.15) is 5.10 Å². The third-order valence-corrected chi connectivity index (χ3v) is 3.41. The Morgan fingerprint density at radius 2 is 1.94 bits per heavy atom. The van der Waals surface area contributed by atoms with Gasteiger partial charge in [-0.25, -0.2) is 0 Å². The Bertz CT molecular complexity index is 302. The van der Waals surface area contributed by atoms with Crippen LogP contribution in [0.25, 0.3) is 0 Å². The number of hydrogen-bond acceptors (Lipinski definition) is 2. The average Bonchev–Trinajstić information content (AvgIpc) is 2.77. The number of hydrogen-bond donors (Lipinski definition) is 1. The summed E-state index contributed by atoms with van der Waals surface area (Å²) in [5.74, 6) is 0. The highest BCUT2D eigenvalue weighted by atomic mass is 15.3. The fourth-order valence-electron chi connectivity index (χ4n) is 2.23. The fourth-order valence-corrected chi connectivity index (χ4v) is 2.23. The largest absolute Gasteiger partial charge is 0.328 e. The average molecular weight is 237 g/mol. The van der Waals surface area contributed by atoms with Crippen molar-refractivity contribution in [3.8, 4) is 0 Å². The normalized spacial score (nSPS) is 13.2. The van der Waals surface area contributed by atoms with Gasteiger partial charge in [0.2, 0.25) is 0 Å². The summed E-state index contributed by atoms with van der Waals surface area (Å²) >= 11 is 0. The van der Waals surface area contributed by atoms with Crippen molar-refractivity contribution in [3.05, 3.63) is 18.0 Å². The Morgan fingerprint density at radius 1 is 1.24 bits per heavy atom. The molecule has 0 radical (unpaired) electrons. The van der Waals surface area contributed by atoms with Gasteiger partial charge in [-0.05, 0) is 38.2 Å². The quantitative estimate of drug-likeness (QED) is 0.754. The van der Waals surface area contributed by atoms with E-state index < -0.39 is 0 Å². The smallest absolute Gasteiger partial charge is 0.0625 e. The van der Waals surface area contributed by atoms with Gasteiger partial charge in [0.1, 0.15) is 0 Å². The summed E-state index contributed by atoms with van der Waals surface area (Å²) < 4.78 is 2.11. The number of nitrogens with zero attached hydrogens (tertiary/aromatic N) is 2. The maximum Gasteiger partial charge on any atom is 0.0625 e. The van der Waals surface area contributed by atoms with Gasteiger partial charge in [0, 0.05) is 12.2 Å². The lowest BCUT2D eigenvalue weighted by atomic mass is 10.1. The highest BCUT2D eigenvalue weighted by Crippen LogP contribution is 2.15. The summed E-state index contributed by atoms with van der Waals surface area (Å²) in [6.07, 6.45) is 8.75. The predicted molar refractivity (Wildman–Crippen MR) is 73.1 cm³/mol. The molecular weight excluding hydrogens is 210 g/mol. The first-order chi connectivity index (χ1) is 8.21. The number of aromatic nitrogens is 2. The van der Waals surface area contributed by atoms with E-state index in [0.717, 1.165) is 32.1 Å². The van der Waals surface area contributed by atoms with E-state index in [4.69, 9.17) is 5.73 Å². The van der Waals surface area contributed by atoms with E-state index in [1.165, 1.54) is 12.1 Å². The summed E-state index contributed by atoms with van der Waals surface area (Å²) in [6.45, 7) is 6.61. The molecule has 1 aromatic heterocycles. The molecule has 1 aromatic rings. The molecule has 0 saturated carbocycles. The van der Waals surface area contributed by atoms with Gasteiger partial charge in [0.05, 0.1) is 11.7 Å². The van der Waals surface area contributed by atoms with Crippen LogP contribution in [0.2, 0.25) is 0 Å². The van der Waals surface area contributed by atoms with Crippen LogP contribution in [0.1, 0.15) is 64.6 Å². The van der Waals surface area contributed by atoms with Crippen LogP contribution in [0.15, 0.2) is 12.3 Å². The van der Waals surface area contributed by atoms with E-state index >= 15 is 0 Å². The molecule has 0 amide bonds. The molecule has 1 unspecified atom stereocenters. The molecule has 0 aliphatic heterocycles. The van der Waals surface area contributed by atoms with E-state index in [9.17, 15) is 0 Å². The van der Waals surface area contributed by atoms with Crippen molar-refractivity contribution in [2.75, 3.05) is 0 Å². The highest BCUT2D eigenvalue weighted by Gasteiger charge is 2.08. The Hall–Kier alpha value is -0.830. The van der Waals surface area contributed by atoms with Crippen molar-refractivity contribution in [2.45, 2.75) is 71.4 Å². The Balaban J connectivity index is 2.45. The molecule has 3 heteroatoms. The molecule has 0 saturated heterocycles. The zero-order valence-electron chi connectivity index (χ0n) is 11.5. The van der Waals surface area contributed by atoms with Crippen molar-refractivity contribution in [1.82, 2.24) is 9.78 Å². The third-order valence-electron chi connectivity index (χ3n) is 3.41. The maximum absolute atomic E-state index is 6.02. The molecule has 98 valence electrons. The van der Waals surface area contributed by atoms with E-state index in [0.29, 0.717) is 12.1 Å². The summed E-state index contributed by atoms with van der Waals surface area (Å²) in [5.41, 5.74) is 7.20. The van der Waals surface area contributed by atoms with E-state index in [1.54, 1.807) is 0 Å². The van der Waals surface area contributed by atoms with Crippen molar-refractivity contribution in [3.63, 3.8) is 0 Å². The Morgan fingerprint density at radius 3 is 2.53 bits per heavy atom. The SMILES string of the molecule is CCCC(N)CCc1ccn(C(CC)CC)n1. The third kappa shape index (κ3) is 4.50. The molecule has 0 bridgehead atoms. The number of aryl methyl sites for hydroxylation is 1. The van der Waals surface area contributed by atoms with Crippen LogP contribution in [0, 0.1) is 0 Å². The molecule has 0 spiro atoms. The molecule has 1 heterocycles. The summed E-state index contributed by atoms with van der Waals surface area (Å²) in [7, 11) is 0. The maximum atomic E-state index is 6.02. The molecule has 0 aliphatic carbocycles. The Labute approximate surface area is 105 Å². The Kier molecular flexibility index (Phi) is 6.27. The van der Waals surface area contributed by atoms with Gasteiger partial charge in [-0.3, -0.25) is 4.68 Å². The first-order valence-electron chi connectivity index (χ1n) is 7.00. The zero-order valence-corrected chi connectivity index (χ0v) is 11.5. The second-order valence-electron chi connectivity index (χ2n) is 4.84. The lowest BCUT2D eigenvalue weighted by Crippen LogP contribution is -2.20. The van der Waals surface area contributed by atoms with Crippen LogP contribution < -0.4 is 5.73 Å². The number of nitrogens with two attached hydrogens (primary N) is 1. The van der Waals surface area contributed by atoms with E-state index in [2.05, 4.69) is 42.8 Å². The molecule has 0 aromatic carbocycles. The van der Waals surface area contributed by atoms with Crippen LogP contribution >= 0.6 is 0 Å². The van der Waals surface area contributed by atoms with Crippen LogP contribution in [0.5, 0.6) is 0 Å². The minimum atomic E-state index is 0.332. The minimum absolute atomic E-state index is 0.332. The van der Waals surface area contributed by atoms with Crippen LogP contribution in [-0.4, -0.2) is 15.8 Å². The number of rotatable bonds is 8. The molecule has 3 nitrogen and oxygen atoms in total. The molecule has 0 aliphatic rings. The van der Waals surface area contributed by atoms with Gasteiger partial charge in [-0.1, -0.05) is 27.2 Å². The molecule has 1 atom stereocenters. The van der Waals surface area contributed by atoms with Gasteiger partial charge < -0.3 is 5.73 Å². The van der Waals surface area contributed by atoms with Crippen LogP contribution in [0.3, 0.4) is 0 Å². The van der Waals surface area contributed by atoms with Crippen LogP contribution in [-0.2, 0) is 6.42 Å². The van der Waals surface area contributed by atoms with E-state index in [1.807, 2.05) is 0 Å². The molecule has 1 rings (SSSR count). The van der Waals surface area contributed by atoms with Crippen molar-refractivity contribution >= 4 is 0 Å². The van der Waals surface area contributed by atoms with Crippen molar-refractivity contribution in [1.29, 1.82) is 0 Å². The zero-order chi connectivity index (χ0) is 12.7. The van der Waals surface area contributed by atoms with Crippen LogP contribution in [0.4, 0.5) is 0 Å². The standard InChI is InChI=1S/C14H27N3/c1-4-7-12(15)8-9-13-10-11-17(16-13)14(5-2)6-3/h10-12,14H,4-9,15H2,1-3H3. The van der Waals surface area contributed by atoms with Gasteiger partial charge in [-0.15, -0.1) is 0 Å². The lowest BCUT2D eigenvalue weighted by Gasteiger charge is -2.12. The molecular formula is C14H27N3. The molecule has 2 N–H and O–H groups in total. The van der Waals surface area contributed by atoms with Gasteiger partial charge >= 0.3 is 0 Å². The highest BCUT2D eigenvalue weighted by molar-refractivity contribution is 5.00. The van der Waals surface area contributed by atoms with Crippen molar-refractivity contribution in [2.24, 2.45) is 5.73 Å². The molecule has 0 fully saturated rings. The summed E-state index contributed by atoms with van der Waals surface area (Å²) in [6, 6.07) is 3.02. The van der Waals surface area contributed by atoms with E-state index in [-0.39, 0.29) is 0 Å². The summed E-state index contributed by atoms with van der Waals surface area (Å²) in [4.78, 5) is 0. The van der Waals surface area contributed by atoms with Gasteiger partial charge in [0.15, 0.2) is 0 Å².